The third kappa shape index (κ3) is 2.77. The molecule has 1 amide bonds. The van der Waals surface area contributed by atoms with E-state index >= 15 is 0 Å². The second kappa shape index (κ2) is 6.13. The first-order valence-corrected chi connectivity index (χ1v) is 8.42. The highest BCUT2D eigenvalue weighted by atomic mass is 19.1. The Morgan fingerprint density at radius 1 is 1.32 bits per heavy atom. The number of benzene rings is 1. The molecule has 7 heteroatoms. The number of ether oxygens (including phenoxy) is 1. The molecule has 1 aromatic heterocycles. The summed E-state index contributed by atoms with van der Waals surface area (Å²) in [6.07, 6.45) is 1.78. The molecule has 132 valence electrons. The van der Waals surface area contributed by atoms with E-state index in [1.807, 2.05) is 0 Å². The minimum Gasteiger partial charge on any atom is -0.453 e. The second-order valence-electron chi connectivity index (χ2n) is 6.57. The third-order valence-electron chi connectivity index (χ3n) is 5.16. The van der Waals surface area contributed by atoms with Gasteiger partial charge in [0.15, 0.2) is 0 Å². The van der Waals surface area contributed by atoms with Crippen molar-refractivity contribution in [3.63, 3.8) is 0 Å². The molecule has 2 heterocycles. The molecule has 0 fully saturated rings. The Balaban J connectivity index is 1.60. The van der Waals surface area contributed by atoms with Gasteiger partial charge in [0.05, 0.1) is 19.3 Å². The van der Waals surface area contributed by atoms with Crippen LogP contribution in [0.5, 0.6) is 0 Å². The van der Waals surface area contributed by atoms with E-state index in [0.717, 1.165) is 36.1 Å². The van der Waals surface area contributed by atoms with Crippen molar-refractivity contribution in [2.45, 2.75) is 38.3 Å². The molecule has 0 radical (unpaired) electrons. The Morgan fingerprint density at radius 3 is 2.96 bits per heavy atom. The molecule has 25 heavy (non-hydrogen) atoms. The number of carbonyl (C=O) groups excluding carboxylic acids is 1. The number of carbonyl (C=O) groups is 1. The number of fused-ring (bicyclic) bond motifs is 3. The van der Waals surface area contributed by atoms with Crippen molar-refractivity contribution < 1.29 is 18.3 Å². The molecule has 0 bridgehead atoms. The number of nitrogens with zero attached hydrogens (tertiary/aromatic N) is 3. The molecular formula is C18H19F2N3O2. The molecule has 1 aliphatic carbocycles. The molecule has 1 aromatic carbocycles. The second-order valence-corrected chi connectivity index (χ2v) is 6.57. The molecule has 0 spiro atoms. The molecule has 2 aromatic rings. The van der Waals surface area contributed by atoms with E-state index in [2.05, 4.69) is 9.55 Å². The van der Waals surface area contributed by atoms with Crippen LogP contribution in [-0.2, 0) is 30.7 Å². The average molecular weight is 347 g/mol. The SMILES string of the molecule is COC(=O)N1CCn2c(nc3c2CC[C@@H](c2cc(F)ccc2F)C3)C1. The minimum atomic E-state index is -0.417. The van der Waals surface area contributed by atoms with Crippen LogP contribution in [0.1, 0.15) is 35.1 Å². The van der Waals surface area contributed by atoms with Gasteiger partial charge in [-0.25, -0.2) is 18.6 Å². The molecular weight excluding hydrogens is 328 g/mol. The Labute approximate surface area is 144 Å². The Hall–Kier alpha value is -2.44. The lowest BCUT2D eigenvalue weighted by molar-refractivity contribution is 0.111. The van der Waals surface area contributed by atoms with Crippen LogP contribution in [0.4, 0.5) is 13.6 Å². The predicted molar refractivity (Wildman–Crippen MR) is 86.2 cm³/mol. The molecule has 0 N–H and O–H groups in total. The summed E-state index contributed by atoms with van der Waals surface area (Å²) in [7, 11) is 1.37. The minimum absolute atomic E-state index is 0.0723. The van der Waals surface area contributed by atoms with Gasteiger partial charge in [-0.1, -0.05) is 0 Å². The lowest BCUT2D eigenvalue weighted by Gasteiger charge is -2.28. The number of methoxy groups -OCH3 is 1. The van der Waals surface area contributed by atoms with Crippen molar-refractivity contribution in [3.8, 4) is 0 Å². The maximum Gasteiger partial charge on any atom is 0.409 e. The van der Waals surface area contributed by atoms with Gasteiger partial charge in [-0.3, -0.25) is 4.90 Å². The van der Waals surface area contributed by atoms with E-state index in [0.29, 0.717) is 31.6 Å². The maximum absolute atomic E-state index is 14.1. The van der Waals surface area contributed by atoms with Crippen molar-refractivity contribution in [1.29, 1.82) is 0 Å². The van der Waals surface area contributed by atoms with Crippen LogP contribution in [0.25, 0.3) is 0 Å². The van der Waals surface area contributed by atoms with Gasteiger partial charge in [0.1, 0.15) is 17.5 Å². The van der Waals surface area contributed by atoms with Gasteiger partial charge in [-0.05, 0) is 48.9 Å². The smallest absolute Gasteiger partial charge is 0.409 e. The fraction of sp³-hybridized carbons (Fsp3) is 0.444. The van der Waals surface area contributed by atoms with E-state index in [9.17, 15) is 13.6 Å². The average Bonchev–Trinajstić information content (AvgIpc) is 2.99. The van der Waals surface area contributed by atoms with E-state index in [-0.39, 0.29) is 17.8 Å². The number of imidazole rings is 1. The topological polar surface area (TPSA) is 47.4 Å². The van der Waals surface area contributed by atoms with Gasteiger partial charge in [0.25, 0.3) is 0 Å². The summed E-state index contributed by atoms with van der Waals surface area (Å²) in [6.45, 7) is 1.69. The van der Waals surface area contributed by atoms with Crippen LogP contribution in [0.3, 0.4) is 0 Å². The summed E-state index contributed by atoms with van der Waals surface area (Å²) in [5, 5.41) is 0. The number of hydrogen-bond acceptors (Lipinski definition) is 3. The molecule has 0 saturated heterocycles. The lowest BCUT2D eigenvalue weighted by atomic mass is 9.84. The standard InChI is InChI=1S/C18H19F2N3O2/c1-25-18(24)22-6-7-23-16-5-2-11(8-15(16)21-17(23)10-22)13-9-12(19)3-4-14(13)20/h3-4,9,11H,2,5-8,10H2,1H3/t11-/m1/s1. The first-order valence-electron chi connectivity index (χ1n) is 8.42. The molecule has 0 unspecified atom stereocenters. The zero-order valence-corrected chi connectivity index (χ0v) is 14.0. The molecule has 5 nitrogen and oxygen atoms in total. The van der Waals surface area contributed by atoms with Crippen LogP contribution < -0.4 is 0 Å². The summed E-state index contributed by atoms with van der Waals surface area (Å²) in [5.74, 6) is -0.0189. The van der Waals surface area contributed by atoms with Crippen LogP contribution in [0, 0.1) is 11.6 Å². The van der Waals surface area contributed by atoms with Crippen molar-refractivity contribution >= 4 is 6.09 Å². The van der Waals surface area contributed by atoms with Crippen molar-refractivity contribution in [2.24, 2.45) is 0 Å². The third-order valence-corrected chi connectivity index (χ3v) is 5.16. The summed E-state index contributed by atoms with van der Waals surface area (Å²) in [5.41, 5.74) is 2.52. The summed E-state index contributed by atoms with van der Waals surface area (Å²) in [4.78, 5) is 18.0. The number of hydrogen-bond donors (Lipinski definition) is 0. The molecule has 1 aliphatic heterocycles. The van der Waals surface area contributed by atoms with Crippen LogP contribution in [0.2, 0.25) is 0 Å². The Kier molecular flexibility index (Phi) is 3.94. The van der Waals surface area contributed by atoms with Crippen LogP contribution in [-0.4, -0.2) is 34.2 Å². The largest absolute Gasteiger partial charge is 0.453 e. The number of halogens is 2. The van der Waals surface area contributed by atoms with Gasteiger partial charge >= 0.3 is 6.09 Å². The highest BCUT2D eigenvalue weighted by Crippen LogP contribution is 2.35. The van der Waals surface area contributed by atoms with Gasteiger partial charge in [0.2, 0.25) is 0 Å². The van der Waals surface area contributed by atoms with Gasteiger partial charge < -0.3 is 9.30 Å². The van der Waals surface area contributed by atoms with E-state index in [1.165, 1.54) is 19.2 Å². The predicted octanol–water partition coefficient (Wildman–Crippen LogP) is 3.02. The zero-order chi connectivity index (χ0) is 17.6. The highest BCUT2D eigenvalue weighted by molar-refractivity contribution is 5.67. The summed E-state index contributed by atoms with van der Waals surface area (Å²) >= 11 is 0. The number of aromatic nitrogens is 2. The quantitative estimate of drug-likeness (QED) is 0.797. The lowest BCUT2D eigenvalue weighted by Crippen LogP contribution is -2.38. The maximum atomic E-state index is 14.1. The fourth-order valence-electron chi connectivity index (χ4n) is 3.91. The van der Waals surface area contributed by atoms with Crippen LogP contribution >= 0.6 is 0 Å². The number of rotatable bonds is 1. The Bertz CT molecular complexity index is 834. The van der Waals surface area contributed by atoms with Gasteiger partial charge in [-0.15, -0.1) is 0 Å². The fourth-order valence-corrected chi connectivity index (χ4v) is 3.91. The highest BCUT2D eigenvalue weighted by Gasteiger charge is 2.31. The van der Waals surface area contributed by atoms with E-state index in [1.54, 1.807) is 4.90 Å². The first-order chi connectivity index (χ1) is 12.1. The normalized spacial score (nSPS) is 19.3. The van der Waals surface area contributed by atoms with Gasteiger partial charge in [-0.2, -0.15) is 0 Å². The number of amides is 1. The first kappa shape index (κ1) is 16.1. The molecule has 1 atom stereocenters. The summed E-state index contributed by atoms with van der Waals surface area (Å²) in [6, 6.07) is 3.62. The summed E-state index contributed by atoms with van der Waals surface area (Å²) < 4.78 is 34.5. The molecule has 2 aliphatic rings. The van der Waals surface area contributed by atoms with Crippen molar-refractivity contribution in [3.05, 3.63) is 52.6 Å². The van der Waals surface area contributed by atoms with E-state index < -0.39 is 5.82 Å². The van der Waals surface area contributed by atoms with Crippen molar-refractivity contribution in [1.82, 2.24) is 14.5 Å². The molecule has 4 rings (SSSR count). The van der Waals surface area contributed by atoms with Gasteiger partial charge in [0, 0.05) is 18.8 Å². The molecule has 0 saturated carbocycles. The van der Waals surface area contributed by atoms with E-state index in [4.69, 9.17) is 4.74 Å². The van der Waals surface area contributed by atoms with Crippen molar-refractivity contribution in [2.75, 3.05) is 13.7 Å². The van der Waals surface area contributed by atoms with Crippen LogP contribution in [0.15, 0.2) is 18.2 Å². The monoisotopic (exact) mass is 347 g/mol. The Morgan fingerprint density at radius 2 is 2.16 bits per heavy atom. The zero-order valence-electron chi connectivity index (χ0n) is 14.0.